The van der Waals surface area contributed by atoms with Crippen molar-refractivity contribution in [2.45, 2.75) is 0 Å². The summed E-state index contributed by atoms with van der Waals surface area (Å²) in [6.45, 7) is 7.06. The molecule has 0 fully saturated rings. The van der Waals surface area contributed by atoms with Gasteiger partial charge in [-0.25, -0.2) is 4.85 Å². The van der Waals surface area contributed by atoms with Crippen LogP contribution < -0.4 is 0 Å². The number of nitriles is 1. The van der Waals surface area contributed by atoms with E-state index in [4.69, 9.17) is 11.8 Å². The van der Waals surface area contributed by atoms with E-state index in [2.05, 4.69) is 35.2 Å². The van der Waals surface area contributed by atoms with Crippen molar-refractivity contribution in [2.24, 2.45) is 0 Å². The van der Waals surface area contributed by atoms with Gasteiger partial charge in [-0.1, -0.05) is 78.9 Å². The average molecular weight is 332 g/mol. The maximum absolute atomic E-state index is 8.94. The lowest BCUT2D eigenvalue weighted by Crippen LogP contribution is -1.77. The molecule has 0 unspecified atom stereocenters. The topological polar surface area (TPSA) is 28.1 Å². The van der Waals surface area contributed by atoms with Gasteiger partial charge in [-0.05, 0) is 40.5 Å². The van der Waals surface area contributed by atoms with Gasteiger partial charge in [0.1, 0.15) is 0 Å². The third-order valence-corrected chi connectivity index (χ3v) is 3.89. The van der Waals surface area contributed by atoms with Crippen molar-refractivity contribution in [3.8, 4) is 6.07 Å². The van der Waals surface area contributed by atoms with E-state index in [1.807, 2.05) is 60.7 Å². The lowest BCUT2D eigenvalue weighted by molar-refractivity contribution is 1.48. The predicted octanol–water partition coefficient (Wildman–Crippen LogP) is 6.45. The molecule has 0 aromatic heterocycles. The summed E-state index contributed by atoms with van der Waals surface area (Å²) in [5, 5.41) is 8.94. The maximum Gasteiger partial charge on any atom is 0.187 e. The quantitative estimate of drug-likeness (QED) is 0.398. The highest BCUT2D eigenvalue weighted by molar-refractivity contribution is 5.74. The standard InChI is InChI=1S/C24H16N2/c1-26-24-7-3-5-22(17-24)15-13-20-10-8-19(9-11-20)12-14-21-4-2-6-23(16-21)18-25/h2-17H. The second-order valence-electron chi connectivity index (χ2n) is 5.78. The van der Waals surface area contributed by atoms with Gasteiger partial charge in [0, 0.05) is 0 Å². The number of hydrogen-bond acceptors (Lipinski definition) is 1. The Balaban J connectivity index is 1.70. The molecule has 0 saturated heterocycles. The molecule has 3 aromatic rings. The van der Waals surface area contributed by atoms with E-state index in [9.17, 15) is 0 Å². The van der Waals surface area contributed by atoms with Gasteiger partial charge in [-0.2, -0.15) is 5.26 Å². The van der Waals surface area contributed by atoms with Crippen molar-refractivity contribution in [1.82, 2.24) is 0 Å². The number of nitrogens with zero attached hydrogens (tertiary/aromatic N) is 2. The van der Waals surface area contributed by atoms with Crippen LogP contribution in [0.2, 0.25) is 0 Å². The van der Waals surface area contributed by atoms with Crippen LogP contribution in [0.25, 0.3) is 29.1 Å². The molecule has 0 saturated carbocycles. The van der Waals surface area contributed by atoms with Gasteiger partial charge >= 0.3 is 0 Å². The summed E-state index contributed by atoms with van der Waals surface area (Å²) in [6, 6.07) is 25.4. The molecule has 0 aliphatic rings. The molecule has 0 spiro atoms. The fraction of sp³-hybridized carbons (Fsp3) is 0. The summed E-state index contributed by atoms with van der Waals surface area (Å²) in [5.41, 5.74) is 5.52. The first-order valence-corrected chi connectivity index (χ1v) is 8.21. The van der Waals surface area contributed by atoms with E-state index in [1.165, 1.54) is 0 Å². The van der Waals surface area contributed by atoms with Gasteiger partial charge in [0.25, 0.3) is 0 Å². The summed E-state index contributed by atoms with van der Waals surface area (Å²) < 4.78 is 0. The first kappa shape index (κ1) is 17.0. The molecule has 26 heavy (non-hydrogen) atoms. The minimum atomic E-state index is 0.646. The SMILES string of the molecule is [C-]#[N+]c1cccc(C=Cc2ccc(C=Cc3cccc(C#N)c3)cc2)c1. The Hall–Kier alpha value is -3.88. The zero-order chi connectivity index (χ0) is 18.2. The molecule has 0 heterocycles. The van der Waals surface area contributed by atoms with E-state index < -0.39 is 0 Å². The first-order valence-electron chi connectivity index (χ1n) is 8.21. The van der Waals surface area contributed by atoms with Crippen LogP contribution in [0.5, 0.6) is 0 Å². The molecule has 0 radical (unpaired) electrons. The molecule has 0 bridgehead atoms. The van der Waals surface area contributed by atoms with Gasteiger partial charge in [0.2, 0.25) is 0 Å². The highest BCUT2D eigenvalue weighted by atomic mass is 14.6. The first-order chi connectivity index (χ1) is 12.8. The van der Waals surface area contributed by atoms with Crippen LogP contribution in [-0.2, 0) is 0 Å². The van der Waals surface area contributed by atoms with Crippen molar-refractivity contribution < 1.29 is 0 Å². The third-order valence-electron chi connectivity index (χ3n) is 3.89. The molecular weight excluding hydrogens is 316 g/mol. The minimum Gasteiger partial charge on any atom is -0.238 e. The summed E-state index contributed by atoms with van der Waals surface area (Å²) in [4.78, 5) is 3.44. The third kappa shape index (κ3) is 4.57. The average Bonchev–Trinajstić information content (AvgIpc) is 2.72. The Bertz CT molecular complexity index is 956. The van der Waals surface area contributed by atoms with E-state index in [1.54, 1.807) is 12.1 Å². The van der Waals surface area contributed by atoms with Crippen molar-refractivity contribution in [3.63, 3.8) is 0 Å². The van der Waals surface area contributed by atoms with E-state index in [-0.39, 0.29) is 0 Å². The van der Waals surface area contributed by atoms with Crippen molar-refractivity contribution in [2.75, 3.05) is 0 Å². The Morgan fingerprint density at radius 2 is 1.23 bits per heavy atom. The molecular formula is C24H16N2. The monoisotopic (exact) mass is 332 g/mol. The summed E-state index contributed by atoms with van der Waals surface area (Å²) >= 11 is 0. The normalized spacial score (nSPS) is 10.7. The lowest BCUT2D eigenvalue weighted by atomic mass is 10.1. The van der Waals surface area contributed by atoms with Crippen LogP contribution in [0.3, 0.4) is 0 Å². The van der Waals surface area contributed by atoms with Gasteiger partial charge in [0.15, 0.2) is 5.69 Å². The Morgan fingerprint density at radius 1 is 0.692 bits per heavy atom. The largest absolute Gasteiger partial charge is 0.238 e. The number of hydrogen-bond donors (Lipinski definition) is 0. The molecule has 2 heteroatoms. The molecule has 3 aromatic carbocycles. The molecule has 0 atom stereocenters. The highest BCUT2D eigenvalue weighted by Crippen LogP contribution is 2.17. The highest BCUT2D eigenvalue weighted by Gasteiger charge is 1.94. The summed E-state index contributed by atoms with van der Waals surface area (Å²) in [7, 11) is 0. The molecule has 3 rings (SSSR count). The molecule has 0 aliphatic carbocycles. The second-order valence-corrected chi connectivity index (χ2v) is 5.78. The zero-order valence-corrected chi connectivity index (χ0v) is 14.1. The second kappa shape index (κ2) is 8.29. The molecule has 0 amide bonds. The fourth-order valence-electron chi connectivity index (χ4n) is 2.51. The van der Waals surface area contributed by atoms with E-state index >= 15 is 0 Å². The number of rotatable bonds is 4. The Kier molecular flexibility index (Phi) is 5.41. The zero-order valence-electron chi connectivity index (χ0n) is 14.1. The van der Waals surface area contributed by atoms with Gasteiger partial charge < -0.3 is 0 Å². The van der Waals surface area contributed by atoms with Gasteiger partial charge in [0.05, 0.1) is 18.2 Å². The summed E-state index contributed by atoms with van der Waals surface area (Å²) in [5.74, 6) is 0. The van der Waals surface area contributed by atoms with Crippen LogP contribution in [-0.4, -0.2) is 0 Å². The van der Waals surface area contributed by atoms with Crippen molar-refractivity contribution in [3.05, 3.63) is 112 Å². The Labute approximate surface area is 153 Å². The van der Waals surface area contributed by atoms with Crippen LogP contribution in [0.15, 0.2) is 72.8 Å². The van der Waals surface area contributed by atoms with Crippen molar-refractivity contribution >= 4 is 30.0 Å². The van der Waals surface area contributed by atoms with Crippen LogP contribution >= 0.6 is 0 Å². The van der Waals surface area contributed by atoms with Crippen LogP contribution in [0.1, 0.15) is 27.8 Å². The number of benzene rings is 3. The van der Waals surface area contributed by atoms with Crippen LogP contribution in [0, 0.1) is 17.9 Å². The van der Waals surface area contributed by atoms with Gasteiger partial charge in [-0.15, -0.1) is 0 Å². The molecule has 0 N–H and O–H groups in total. The lowest BCUT2D eigenvalue weighted by Gasteiger charge is -1.98. The smallest absolute Gasteiger partial charge is 0.187 e. The molecule has 122 valence electrons. The predicted molar refractivity (Wildman–Crippen MR) is 108 cm³/mol. The maximum atomic E-state index is 8.94. The fourth-order valence-corrected chi connectivity index (χ4v) is 2.51. The Morgan fingerprint density at radius 3 is 1.81 bits per heavy atom. The summed E-state index contributed by atoms with van der Waals surface area (Å²) in [6.07, 6.45) is 8.07. The van der Waals surface area contributed by atoms with Gasteiger partial charge in [-0.3, -0.25) is 0 Å². The van der Waals surface area contributed by atoms with Crippen molar-refractivity contribution in [1.29, 1.82) is 5.26 Å². The molecule has 0 aliphatic heterocycles. The minimum absolute atomic E-state index is 0.646. The van der Waals surface area contributed by atoms with E-state index in [0.29, 0.717) is 11.3 Å². The molecule has 2 nitrogen and oxygen atoms in total. The van der Waals surface area contributed by atoms with Crippen LogP contribution in [0.4, 0.5) is 5.69 Å². The van der Waals surface area contributed by atoms with E-state index in [0.717, 1.165) is 22.3 Å².